The van der Waals surface area contributed by atoms with Crippen LogP contribution in [0.3, 0.4) is 0 Å². The number of aryl methyl sites for hydroxylation is 1. The van der Waals surface area contributed by atoms with E-state index in [-0.39, 0.29) is 11.5 Å². The van der Waals surface area contributed by atoms with Crippen molar-refractivity contribution in [2.24, 2.45) is 0 Å². The summed E-state index contributed by atoms with van der Waals surface area (Å²) in [6, 6.07) is 19.1. The molecule has 4 rings (SSSR count). The van der Waals surface area contributed by atoms with E-state index < -0.39 is 23.8 Å². The molecule has 0 aliphatic carbocycles. The summed E-state index contributed by atoms with van der Waals surface area (Å²) in [5, 5.41) is 2.81. The summed E-state index contributed by atoms with van der Waals surface area (Å²) in [5.41, 5.74) is 5.89. The van der Waals surface area contributed by atoms with Gasteiger partial charge >= 0.3 is 5.91 Å². The second-order valence-electron chi connectivity index (χ2n) is 7.60. The van der Waals surface area contributed by atoms with E-state index in [0.29, 0.717) is 5.75 Å². The summed E-state index contributed by atoms with van der Waals surface area (Å²) in [6.45, 7) is 1.98. The van der Waals surface area contributed by atoms with Gasteiger partial charge in [0.25, 0.3) is 5.91 Å². The molecular weight excluding hydrogens is 409 g/mol. The molecule has 1 aliphatic rings. The minimum absolute atomic E-state index is 0.275. The lowest BCUT2D eigenvalue weighted by molar-refractivity contribution is -0.596. The number of rotatable bonds is 5. The number of hydrazine groups is 1. The monoisotopic (exact) mass is 432 g/mol. The van der Waals surface area contributed by atoms with Gasteiger partial charge in [-0.1, -0.05) is 35.9 Å². The molecule has 3 aromatic rings. The number of ether oxygens (including phenoxy) is 1. The second-order valence-corrected chi connectivity index (χ2v) is 7.60. The van der Waals surface area contributed by atoms with E-state index in [9.17, 15) is 14.0 Å². The highest BCUT2D eigenvalue weighted by Gasteiger charge is 2.47. The number of halogens is 1. The Morgan fingerprint density at radius 2 is 1.81 bits per heavy atom. The molecule has 2 N–H and O–H groups in total. The van der Waals surface area contributed by atoms with Crippen LogP contribution in [0, 0.1) is 12.7 Å². The average Bonchev–Trinajstić information content (AvgIpc) is 3.09. The van der Waals surface area contributed by atoms with Crippen molar-refractivity contribution in [2.75, 3.05) is 7.11 Å². The van der Waals surface area contributed by atoms with Gasteiger partial charge in [0.15, 0.2) is 6.04 Å². The maximum absolute atomic E-state index is 13.2. The average molecular weight is 432 g/mol. The van der Waals surface area contributed by atoms with Crippen LogP contribution < -0.4 is 15.5 Å². The van der Waals surface area contributed by atoms with Crippen LogP contribution in [0.15, 0.2) is 72.8 Å². The first-order valence-electron chi connectivity index (χ1n) is 10.2. The predicted molar refractivity (Wildman–Crippen MR) is 118 cm³/mol. The van der Waals surface area contributed by atoms with Crippen LogP contribution in [0.25, 0.3) is 0 Å². The molecule has 1 fully saturated rings. The Kier molecular flexibility index (Phi) is 5.98. The first-order chi connectivity index (χ1) is 15.4. The quantitative estimate of drug-likeness (QED) is 0.609. The second kappa shape index (κ2) is 9.01. The molecule has 2 amide bonds. The van der Waals surface area contributed by atoms with E-state index in [2.05, 4.69) is 10.7 Å². The number of hydrazone groups is 1. The largest absolute Gasteiger partial charge is 0.497 e. The number of nitrogens with zero attached hydrogens (tertiary/aromatic N) is 1. The molecule has 1 aliphatic heterocycles. The van der Waals surface area contributed by atoms with Gasteiger partial charge in [0.2, 0.25) is 12.3 Å². The van der Waals surface area contributed by atoms with Gasteiger partial charge in [0, 0.05) is 16.7 Å². The van der Waals surface area contributed by atoms with E-state index >= 15 is 0 Å². The number of hydrogen-bond acceptors (Lipinski definition) is 3. The lowest BCUT2D eigenvalue weighted by Crippen LogP contribution is -2.42. The molecule has 2 atom stereocenters. The van der Waals surface area contributed by atoms with Crippen molar-refractivity contribution in [3.05, 3.63) is 101 Å². The summed E-state index contributed by atoms with van der Waals surface area (Å²) >= 11 is 0. The standard InChI is InChI=1S/C25H22FN3O3/c1-16-6-8-18(9-7-16)23-22(27-24(30)19-10-12-20(26)13-11-19)25(31)28-29(23)15-17-4-3-5-21(14-17)32-2/h3-15,22-23H,1-2H3,(H-,27,28,30,31)/p+1/b29-15-. The van der Waals surface area contributed by atoms with Gasteiger partial charge in [-0.3, -0.25) is 9.59 Å². The highest BCUT2D eigenvalue weighted by atomic mass is 19.1. The van der Waals surface area contributed by atoms with Crippen LogP contribution in [0.4, 0.5) is 4.39 Å². The molecular formula is C25H23FN3O3+. The zero-order valence-corrected chi connectivity index (χ0v) is 17.7. The van der Waals surface area contributed by atoms with Crippen LogP contribution in [-0.4, -0.2) is 35.9 Å². The highest BCUT2D eigenvalue weighted by molar-refractivity contribution is 5.98. The van der Waals surface area contributed by atoms with E-state index in [1.165, 1.54) is 24.3 Å². The summed E-state index contributed by atoms with van der Waals surface area (Å²) < 4.78 is 20.2. The normalized spacial score (nSPS) is 19.0. The van der Waals surface area contributed by atoms with Gasteiger partial charge in [-0.15, -0.1) is 10.1 Å². The number of amides is 2. The molecule has 2 unspecified atom stereocenters. The molecule has 0 saturated carbocycles. The third kappa shape index (κ3) is 4.51. The van der Waals surface area contributed by atoms with Crippen molar-refractivity contribution in [3.8, 4) is 5.75 Å². The number of hydrogen-bond donors (Lipinski definition) is 2. The number of methoxy groups -OCH3 is 1. The van der Waals surface area contributed by atoms with Crippen molar-refractivity contribution in [1.29, 1.82) is 0 Å². The van der Waals surface area contributed by atoms with Crippen LogP contribution in [0.2, 0.25) is 0 Å². The van der Waals surface area contributed by atoms with Crippen molar-refractivity contribution in [3.63, 3.8) is 0 Å². The Bertz CT molecular complexity index is 1170. The van der Waals surface area contributed by atoms with E-state index in [0.717, 1.165) is 16.7 Å². The Morgan fingerprint density at radius 3 is 2.50 bits per heavy atom. The Hall–Kier alpha value is -4.00. The maximum atomic E-state index is 13.2. The minimum atomic E-state index is -0.850. The predicted octanol–water partition coefficient (Wildman–Crippen LogP) is 3.16. The number of carbonyl (C=O) groups is 2. The topological polar surface area (TPSA) is 70.4 Å². The molecule has 0 radical (unpaired) electrons. The molecule has 0 aromatic heterocycles. The van der Waals surface area contributed by atoms with Gasteiger partial charge in [-0.05, 0) is 49.4 Å². The van der Waals surface area contributed by atoms with Crippen LogP contribution >= 0.6 is 0 Å². The molecule has 0 spiro atoms. The smallest absolute Gasteiger partial charge is 0.304 e. The summed E-state index contributed by atoms with van der Waals surface area (Å²) in [7, 11) is 1.59. The number of nitrogens with one attached hydrogen (secondary N) is 2. The zero-order chi connectivity index (χ0) is 22.7. The lowest BCUT2D eigenvalue weighted by Gasteiger charge is -2.15. The molecule has 1 saturated heterocycles. The maximum Gasteiger partial charge on any atom is 0.304 e. The third-order valence-corrected chi connectivity index (χ3v) is 5.33. The van der Waals surface area contributed by atoms with Gasteiger partial charge < -0.3 is 10.1 Å². The van der Waals surface area contributed by atoms with Crippen molar-refractivity contribution < 1.29 is 23.4 Å². The van der Waals surface area contributed by atoms with Crippen molar-refractivity contribution in [1.82, 2.24) is 10.7 Å². The molecule has 32 heavy (non-hydrogen) atoms. The van der Waals surface area contributed by atoms with E-state index in [1.807, 2.05) is 55.5 Å². The van der Waals surface area contributed by atoms with Crippen LogP contribution in [0.1, 0.15) is 33.1 Å². The van der Waals surface area contributed by atoms with E-state index in [4.69, 9.17) is 4.74 Å². The Labute approximate surface area is 185 Å². The lowest BCUT2D eigenvalue weighted by atomic mass is 9.98. The van der Waals surface area contributed by atoms with E-state index in [1.54, 1.807) is 18.0 Å². The van der Waals surface area contributed by atoms with Crippen LogP contribution in [0.5, 0.6) is 5.75 Å². The fraction of sp³-hybridized carbons (Fsp3) is 0.160. The summed E-state index contributed by atoms with van der Waals surface area (Å²) in [6.07, 6.45) is 1.80. The van der Waals surface area contributed by atoms with Crippen molar-refractivity contribution >= 4 is 18.0 Å². The molecule has 162 valence electrons. The Morgan fingerprint density at radius 1 is 1.09 bits per heavy atom. The summed E-state index contributed by atoms with van der Waals surface area (Å²) in [4.78, 5) is 25.7. The van der Waals surface area contributed by atoms with Gasteiger partial charge in [0.05, 0.1) is 7.11 Å². The summed E-state index contributed by atoms with van der Waals surface area (Å²) in [5.74, 6) is -0.537. The SMILES string of the molecule is COc1cccc(/C=[N+]2\NC(=O)C(NC(=O)c3ccc(F)cc3)C2c2ccc(C)cc2)c1. The van der Waals surface area contributed by atoms with Gasteiger partial charge in [0.1, 0.15) is 11.6 Å². The molecule has 7 heteroatoms. The zero-order valence-electron chi connectivity index (χ0n) is 17.7. The molecule has 1 heterocycles. The first kappa shape index (κ1) is 21.2. The number of carbonyl (C=O) groups excluding carboxylic acids is 2. The molecule has 3 aromatic carbocycles. The fourth-order valence-corrected chi connectivity index (χ4v) is 3.65. The fourth-order valence-electron chi connectivity index (χ4n) is 3.65. The number of benzene rings is 3. The molecule has 0 bridgehead atoms. The van der Waals surface area contributed by atoms with Crippen LogP contribution in [-0.2, 0) is 4.79 Å². The third-order valence-electron chi connectivity index (χ3n) is 5.33. The van der Waals surface area contributed by atoms with Crippen molar-refractivity contribution in [2.45, 2.75) is 19.0 Å². The minimum Gasteiger partial charge on any atom is -0.497 e. The first-order valence-corrected chi connectivity index (χ1v) is 10.2. The van der Waals surface area contributed by atoms with Gasteiger partial charge in [-0.25, -0.2) is 4.39 Å². The Balaban J connectivity index is 1.70. The highest BCUT2D eigenvalue weighted by Crippen LogP contribution is 2.26. The molecule has 6 nitrogen and oxygen atoms in total. The van der Waals surface area contributed by atoms with Gasteiger partial charge in [-0.2, -0.15) is 0 Å².